The third kappa shape index (κ3) is 1080. The predicted octanol–water partition coefficient (Wildman–Crippen LogP) is -0.707. The minimum absolute atomic E-state index is 0. The van der Waals surface area contributed by atoms with Crippen molar-refractivity contribution in [3.8, 4) is 0 Å². The van der Waals surface area contributed by atoms with Gasteiger partial charge in [0.25, 0.3) is 0 Å². The molecule has 0 aromatic rings. The Balaban J connectivity index is -0.0000000910. The monoisotopic (exact) mass is 211 g/mol. The summed E-state index contributed by atoms with van der Waals surface area (Å²) < 4.78 is 17.6. The summed E-state index contributed by atoms with van der Waals surface area (Å²) in [6.45, 7) is 0. The number of hydrogen-bond acceptors (Lipinski definition) is 2. The summed E-state index contributed by atoms with van der Waals surface area (Å²) in [5, 5.41) is 0. The first-order valence-electron chi connectivity index (χ1n) is 1.43. The molecule has 10 heavy (non-hydrogen) atoms. The van der Waals surface area contributed by atoms with Crippen LogP contribution in [0.3, 0.4) is 0 Å². The molecule has 0 atom stereocenters. The van der Waals surface area contributed by atoms with E-state index >= 15 is 0 Å². The van der Waals surface area contributed by atoms with Crippen molar-refractivity contribution in [3.05, 3.63) is 0 Å². The Morgan fingerprint density at radius 3 is 1.10 bits per heavy atom. The zero-order valence-corrected chi connectivity index (χ0v) is 7.24. The van der Waals surface area contributed by atoms with E-state index in [1.807, 2.05) is 0 Å². The molecule has 7 nitrogen and oxygen atoms in total. The third-order valence-corrected chi connectivity index (χ3v) is 0. The Morgan fingerprint density at radius 1 is 1.10 bits per heavy atom. The summed E-state index contributed by atoms with van der Waals surface area (Å²) in [7, 11) is -7.77. The van der Waals surface area contributed by atoms with Crippen molar-refractivity contribution in [2.75, 3.05) is 0 Å². The molecule has 0 aliphatic carbocycles. The SMILES string of the molecule is O=P(O)(O)O.O=[PH](O)O.[P+5]. The van der Waals surface area contributed by atoms with E-state index in [1.165, 1.54) is 0 Å². The molecule has 0 aromatic heterocycles. The average Bonchev–Trinajstić information content (AvgIpc) is 1.19. The van der Waals surface area contributed by atoms with Crippen molar-refractivity contribution in [1.82, 2.24) is 0 Å². The fourth-order valence-electron chi connectivity index (χ4n) is 0. The van der Waals surface area contributed by atoms with Gasteiger partial charge in [-0.25, -0.2) is 4.57 Å². The second kappa shape index (κ2) is 7.79. The molecule has 0 aliphatic heterocycles. The molecule has 0 spiro atoms. The summed E-state index contributed by atoms with van der Waals surface area (Å²) in [4.78, 5) is 35.9. The zero-order valence-electron chi connectivity index (χ0n) is 4.45. The number of phosphoric acid groups is 1. The molecule has 0 rings (SSSR count). The van der Waals surface area contributed by atoms with Crippen molar-refractivity contribution in [3.63, 3.8) is 0 Å². The molecular formula is H6O7P3+5. The van der Waals surface area contributed by atoms with Gasteiger partial charge in [-0.05, 0) is 0 Å². The van der Waals surface area contributed by atoms with Crippen molar-refractivity contribution < 1.29 is 33.6 Å². The van der Waals surface area contributed by atoms with E-state index in [-0.39, 0.29) is 9.90 Å². The minimum Gasteiger partial charge on any atom is -0.326 e. The van der Waals surface area contributed by atoms with E-state index in [0.29, 0.717) is 0 Å². The average molecular weight is 211 g/mol. The van der Waals surface area contributed by atoms with Crippen LogP contribution < -0.4 is 0 Å². The van der Waals surface area contributed by atoms with E-state index in [0.717, 1.165) is 0 Å². The van der Waals surface area contributed by atoms with Gasteiger partial charge in [0.05, 0.1) is 0 Å². The van der Waals surface area contributed by atoms with Gasteiger partial charge in [0.1, 0.15) is 0 Å². The van der Waals surface area contributed by atoms with Gasteiger partial charge in [-0.15, -0.1) is 0 Å². The molecule has 0 aromatic carbocycles. The third-order valence-electron chi connectivity index (χ3n) is 0. The van der Waals surface area contributed by atoms with Gasteiger partial charge < -0.3 is 24.5 Å². The Kier molecular flexibility index (Phi) is 13.2. The minimum atomic E-state index is -4.64. The Labute approximate surface area is 60.5 Å². The van der Waals surface area contributed by atoms with Gasteiger partial charge in [0, 0.05) is 0 Å². The van der Waals surface area contributed by atoms with Gasteiger partial charge >= 0.3 is 26.0 Å². The maximum Gasteiger partial charge on any atom is 5.00 e. The van der Waals surface area contributed by atoms with Crippen molar-refractivity contribution >= 4 is 26.0 Å². The molecule has 0 saturated heterocycles. The van der Waals surface area contributed by atoms with Gasteiger partial charge in [-0.1, -0.05) is 0 Å². The Hall–Kier alpha value is 0.690. The van der Waals surface area contributed by atoms with E-state index in [1.54, 1.807) is 0 Å². The van der Waals surface area contributed by atoms with E-state index in [4.69, 9.17) is 33.6 Å². The van der Waals surface area contributed by atoms with Gasteiger partial charge in [-0.2, -0.15) is 0 Å². The Bertz CT molecular complexity index is 109. The molecule has 0 fully saturated rings. The Morgan fingerprint density at radius 2 is 1.10 bits per heavy atom. The van der Waals surface area contributed by atoms with E-state index in [9.17, 15) is 0 Å². The predicted molar refractivity (Wildman–Crippen MR) is 34.6 cm³/mol. The molecular weight excluding hydrogens is 205 g/mol. The van der Waals surface area contributed by atoms with Crippen molar-refractivity contribution in [2.24, 2.45) is 0 Å². The molecule has 0 bridgehead atoms. The quantitative estimate of drug-likeness (QED) is 0.334. The van der Waals surface area contributed by atoms with Crippen LogP contribution in [0.25, 0.3) is 0 Å². The van der Waals surface area contributed by atoms with Crippen LogP contribution in [-0.2, 0) is 9.13 Å². The van der Waals surface area contributed by atoms with E-state index < -0.39 is 16.1 Å². The zero-order chi connectivity index (χ0) is 8.08. The topological polar surface area (TPSA) is 135 Å². The summed E-state index contributed by atoms with van der Waals surface area (Å²) in [5.41, 5.74) is 0. The summed E-state index contributed by atoms with van der Waals surface area (Å²) in [6.07, 6.45) is 0. The van der Waals surface area contributed by atoms with Crippen LogP contribution in [0.2, 0.25) is 0 Å². The molecule has 0 aliphatic rings. The maximum atomic E-state index is 8.88. The molecule has 0 heterocycles. The standard InChI is InChI=1S/H3O4P.H3O3P.P/c1-5(2,3)4;1-4(2)3;/h(H3,1,2,3,4);4H,(H2,1,2,3);/q;;+5. The van der Waals surface area contributed by atoms with Crippen LogP contribution in [0, 0.1) is 0 Å². The molecule has 10 heteroatoms. The van der Waals surface area contributed by atoms with Crippen LogP contribution in [-0.4, -0.2) is 24.5 Å². The summed E-state index contributed by atoms with van der Waals surface area (Å²) in [6, 6.07) is 0. The number of rotatable bonds is 0. The van der Waals surface area contributed by atoms with Crippen LogP contribution in [0.4, 0.5) is 0 Å². The normalized spacial score (nSPS) is 9.40. The maximum absolute atomic E-state index is 8.88. The molecule has 0 saturated carbocycles. The van der Waals surface area contributed by atoms with Crippen molar-refractivity contribution in [2.45, 2.75) is 0 Å². The van der Waals surface area contributed by atoms with E-state index in [2.05, 4.69) is 0 Å². The van der Waals surface area contributed by atoms with Crippen LogP contribution in [0.5, 0.6) is 0 Å². The van der Waals surface area contributed by atoms with Crippen LogP contribution in [0.15, 0.2) is 0 Å². The summed E-state index contributed by atoms with van der Waals surface area (Å²) in [5.74, 6) is 0. The molecule has 0 radical (unpaired) electrons. The molecule has 5 N–H and O–H groups in total. The first-order valence-corrected chi connectivity index (χ1v) is 4.30. The van der Waals surface area contributed by atoms with Gasteiger partial charge in [0.2, 0.25) is 0 Å². The largest absolute Gasteiger partial charge is 5.00 e. The fourth-order valence-corrected chi connectivity index (χ4v) is 0. The fraction of sp³-hybridized carbons (Fsp3) is 0. The number of hydrogen-bond donors (Lipinski definition) is 5. The molecule has 0 amide bonds. The first-order chi connectivity index (χ1) is 3.73. The molecule has 0 unspecified atom stereocenters. The smallest absolute Gasteiger partial charge is 0.326 e. The second-order valence-corrected chi connectivity index (χ2v) is 2.39. The molecule has 58 valence electrons. The van der Waals surface area contributed by atoms with Crippen molar-refractivity contribution in [1.29, 1.82) is 0 Å². The first kappa shape index (κ1) is 17.0. The summed E-state index contributed by atoms with van der Waals surface area (Å²) >= 11 is 0. The van der Waals surface area contributed by atoms with Gasteiger partial charge in [-0.3, -0.25) is 4.57 Å². The van der Waals surface area contributed by atoms with Gasteiger partial charge in [0.15, 0.2) is 0 Å². The van der Waals surface area contributed by atoms with Crippen LogP contribution >= 0.6 is 26.0 Å². The van der Waals surface area contributed by atoms with Crippen LogP contribution in [0.1, 0.15) is 0 Å². The second-order valence-electron chi connectivity index (χ2n) is 0.796.